The highest BCUT2D eigenvalue weighted by Gasteiger charge is 2.30. The summed E-state index contributed by atoms with van der Waals surface area (Å²) in [6.45, 7) is 1.73. The van der Waals surface area contributed by atoms with E-state index >= 15 is 0 Å². The van der Waals surface area contributed by atoms with Crippen molar-refractivity contribution in [2.75, 3.05) is 0 Å². The Bertz CT molecular complexity index is 1170. The smallest absolute Gasteiger partial charge is 0.343 e. The van der Waals surface area contributed by atoms with E-state index < -0.39 is 11.8 Å². The summed E-state index contributed by atoms with van der Waals surface area (Å²) in [5.74, 6) is -0.652. The predicted molar refractivity (Wildman–Crippen MR) is 107 cm³/mol. The number of halogens is 2. The summed E-state index contributed by atoms with van der Waals surface area (Å²) in [7, 11) is 0. The van der Waals surface area contributed by atoms with Gasteiger partial charge in [-0.25, -0.2) is 9.18 Å². The van der Waals surface area contributed by atoms with Gasteiger partial charge in [0, 0.05) is 11.1 Å². The van der Waals surface area contributed by atoms with E-state index in [1.165, 1.54) is 24.3 Å². The van der Waals surface area contributed by atoms with Gasteiger partial charge in [0.05, 0.1) is 11.1 Å². The van der Waals surface area contributed by atoms with Crippen molar-refractivity contribution in [1.82, 2.24) is 0 Å². The molecule has 0 spiro atoms. The Morgan fingerprint density at radius 1 is 1.10 bits per heavy atom. The molecule has 0 amide bonds. The Morgan fingerprint density at radius 2 is 1.86 bits per heavy atom. The molecule has 6 heteroatoms. The first-order valence-electron chi connectivity index (χ1n) is 8.73. The lowest BCUT2D eigenvalue weighted by molar-refractivity contribution is 0.0734. The minimum atomic E-state index is -0.555. The van der Waals surface area contributed by atoms with Gasteiger partial charge in [-0.05, 0) is 66.6 Å². The molecular formula is C23H14ClFO4. The Labute approximate surface area is 171 Å². The van der Waals surface area contributed by atoms with Crippen LogP contribution in [0.2, 0.25) is 5.02 Å². The first-order chi connectivity index (χ1) is 13.9. The van der Waals surface area contributed by atoms with Crippen molar-refractivity contribution < 1.29 is 23.5 Å². The highest BCUT2D eigenvalue weighted by Crippen LogP contribution is 2.37. The van der Waals surface area contributed by atoms with Crippen LogP contribution in [0, 0.1) is 12.7 Å². The van der Waals surface area contributed by atoms with Crippen LogP contribution in [0.1, 0.15) is 31.8 Å². The van der Waals surface area contributed by atoms with E-state index in [-0.39, 0.29) is 23.0 Å². The maximum Gasteiger partial charge on any atom is 0.343 e. The van der Waals surface area contributed by atoms with Crippen LogP contribution < -0.4 is 9.47 Å². The maximum atomic E-state index is 13.4. The van der Waals surface area contributed by atoms with Crippen LogP contribution in [0.25, 0.3) is 6.08 Å². The van der Waals surface area contributed by atoms with Crippen LogP contribution in [0.3, 0.4) is 0 Å². The van der Waals surface area contributed by atoms with Gasteiger partial charge in [-0.3, -0.25) is 4.79 Å². The van der Waals surface area contributed by atoms with Crippen molar-refractivity contribution in [3.63, 3.8) is 0 Å². The maximum absolute atomic E-state index is 13.4. The fourth-order valence-corrected chi connectivity index (χ4v) is 3.16. The number of carbonyl (C=O) groups is 2. The van der Waals surface area contributed by atoms with Crippen LogP contribution in [0.5, 0.6) is 11.5 Å². The molecule has 4 rings (SSSR count). The van der Waals surface area contributed by atoms with Gasteiger partial charge in [0.1, 0.15) is 17.3 Å². The van der Waals surface area contributed by atoms with E-state index in [1.54, 1.807) is 49.4 Å². The summed E-state index contributed by atoms with van der Waals surface area (Å²) in [4.78, 5) is 25.0. The second kappa shape index (κ2) is 7.53. The van der Waals surface area contributed by atoms with E-state index in [0.29, 0.717) is 27.3 Å². The van der Waals surface area contributed by atoms with Gasteiger partial charge in [0.2, 0.25) is 5.78 Å². The predicted octanol–water partition coefficient (Wildman–Crippen LogP) is 5.62. The van der Waals surface area contributed by atoms with Gasteiger partial charge >= 0.3 is 5.97 Å². The first-order valence-corrected chi connectivity index (χ1v) is 9.11. The number of aryl methyl sites for hydroxylation is 1. The van der Waals surface area contributed by atoms with E-state index in [4.69, 9.17) is 21.1 Å². The summed E-state index contributed by atoms with van der Waals surface area (Å²) >= 11 is 5.83. The molecule has 0 bridgehead atoms. The monoisotopic (exact) mass is 408 g/mol. The van der Waals surface area contributed by atoms with E-state index in [1.807, 2.05) is 0 Å². The molecule has 0 fully saturated rings. The number of allylic oxidation sites excluding steroid dienone is 1. The summed E-state index contributed by atoms with van der Waals surface area (Å²) in [6.07, 6.45) is 1.48. The number of hydrogen-bond acceptors (Lipinski definition) is 4. The van der Waals surface area contributed by atoms with Crippen molar-refractivity contribution in [2.24, 2.45) is 0 Å². The SMILES string of the molecule is Cc1cc(OC(=O)c2ccc(Cl)cc2)cc2c1C(=O)/C(=C/c1cccc(F)c1)O2. The third-order valence-electron chi connectivity index (χ3n) is 4.38. The fraction of sp³-hybridized carbons (Fsp3) is 0.0435. The van der Waals surface area contributed by atoms with Crippen LogP contribution in [-0.4, -0.2) is 11.8 Å². The highest BCUT2D eigenvalue weighted by molar-refractivity contribution is 6.30. The number of esters is 1. The number of fused-ring (bicyclic) bond motifs is 1. The summed E-state index contributed by atoms with van der Waals surface area (Å²) in [5, 5.41) is 0.513. The number of hydrogen-bond donors (Lipinski definition) is 0. The number of rotatable bonds is 3. The lowest BCUT2D eigenvalue weighted by Gasteiger charge is -2.08. The summed E-state index contributed by atoms with van der Waals surface area (Å²) in [6, 6.07) is 15.2. The molecule has 0 saturated heterocycles. The Balaban J connectivity index is 1.60. The van der Waals surface area contributed by atoms with Crippen LogP contribution in [0.4, 0.5) is 4.39 Å². The van der Waals surface area contributed by atoms with Crippen LogP contribution in [0.15, 0.2) is 66.4 Å². The lowest BCUT2D eigenvalue weighted by Crippen LogP contribution is -2.08. The molecule has 0 aromatic heterocycles. The zero-order valence-electron chi connectivity index (χ0n) is 15.2. The van der Waals surface area contributed by atoms with Gasteiger partial charge in [0.25, 0.3) is 0 Å². The van der Waals surface area contributed by atoms with E-state index in [0.717, 1.165) is 0 Å². The molecule has 0 atom stereocenters. The number of carbonyl (C=O) groups excluding carboxylic acids is 2. The fourth-order valence-electron chi connectivity index (χ4n) is 3.04. The molecule has 1 aliphatic heterocycles. The van der Waals surface area contributed by atoms with Crippen molar-refractivity contribution >= 4 is 29.4 Å². The molecule has 144 valence electrons. The van der Waals surface area contributed by atoms with Gasteiger partial charge in [-0.1, -0.05) is 23.7 Å². The standard InChI is InChI=1S/C23H14ClFO4/c1-13-9-18(28-23(27)15-5-7-16(24)8-6-15)12-19-21(13)22(26)20(29-19)11-14-3-2-4-17(25)10-14/h2-12H,1H3/b20-11-. The summed E-state index contributed by atoms with van der Waals surface area (Å²) in [5.41, 5.74) is 1.84. The third kappa shape index (κ3) is 3.91. The zero-order valence-corrected chi connectivity index (χ0v) is 16.0. The molecular weight excluding hydrogens is 395 g/mol. The number of benzene rings is 3. The average Bonchev–Trinajstić information content (AvgIpc) is 2.98. The van der Waals surface area contributed by atoms with Crippen LogP contribution >= 0.6 is 11.6 Å². The normalized spacial score (nSPS) is 13.9. The molecule has 0 aliphatic carbocycles. The molecule has 3 aromatic carbocycles. The Morgan fingerprint density at radius 3 is 2.59 bits per heavy atom. The van der Waals surface area contributed by atoms with Crippen LogP contribution in [-0.2, 0) is 0 Å². The quantitative estimate of drug-likeness (QED) is 0.320. The number of Topliss-reactive ketones (excluding diaryl/α,β-unsaturated/α-hetero) is 1. The largest absolute Gasteiger partial charge is 0.452 e. The Kier molecular flexibility index (Phi) is 4.91. The van der Waals surface area contributed by atoms with E-state index in [2.05, 4.69) is 0 Å². The number of ketones is 1. The molecule has 0 unspecified atom stereocenters. The topological polar surface area (TPSA) is 52.6 Å². The Hall–Kier alpha value is -3.44. The minimum Gasteiger partial charge on any atom is -0.452 e. The average molecular weight is 409 g/mol. The van der Waals surface area contributed by atoms with Gasteiger partial charge in [-0.2, -0.15) is 0 Å². The molecule has 1 heterocycles. The number of ether oxygens (including phenoxy) is 2. The van der Waals surface area contributed by atoms with Crippen molar-refractivity contribution in [1.29, 1.82) is 0 Å². The second-order valence-electron chi connectivity index (χ2n) is 6.50. The lowest BCUT2D eigenvalue weighted by atomic mass is 10.0. The molecule has 0 radical (unpaired) electrons. The van der Waals surface area contributed by atoms with Crippen molar-refractivity contribution in [3.8, 4) is 11.5 Å². The molecule has 1 aliphatic rings. The van der Waals surface area contributed by atoms with Gasteiger partial charge in [0.15, 0.2) is 5.76 Å². The van der Waals surface area contributed by atoms with Crippen molar-refractivity contribution in [3.05, 3.63) is 99.5 Å². The molecule has 4 nitrogen and oxygen atoms in total. The zero-order chi connectivity index (χ0) is 20.5. The molecule has 0 saturated carbocycles. The molecule has 3 aromatic rings. The van der Waals surface area contributed by atoms with Gasteiger partial charge < -0.3 is 9.47 Å². The van der Waals surface area contributed by atoms with E-state index in [9.17, 15) is 14.0 Å². The van der Waals surface area contributed by atoms with Crippen molar-refractivity contribution in [2.45, 2.75) is 6.92 Å². The molecule has 29 heavy (non-hydrogen) atoms. The third-order valence-corrected chi connectivity index (χ3v) is 4.63. The van der Waals surface area contributed by atoms with Gasteiger partial charge in [-0.15, -0.1) is 0 Å². The first kappa shape index (κ1) is 18.9. The molecule has 0 N–H and O–H groups in total. The minimum absolute atomic E-state index is 0.0786. The second-order valence-corrected chi connectivity index (χ2v) is 6.94. The summed E-state index contributed by atoms with van der Waals surface area (Å²) < 4.78 is 24.5. The highest BCUT2D eigenvalue weighted by atomic mass is 35.5.